The molecule has 1 saturated heterocycles. The minimum atomic E-state index is -0.322. The van der Waals surface area contributed by atoms with Crippen molar-refractivity contribution in [1.82, 2.24) is 9.47 Å². The number of hydrogen-bond acceptors (Lipinski definition) is 8. The Hall–Kier alpha value is -3.29. The minimum Gasteiger partial charge on any atom is -0.493 e. The molecule has 0 atom stereocenters. The number of thioether (sulfide) groups is 1. The molecule has 0 spiro atoms. The van der Waals surface area contributed by atoms with Crippen LogP contribution in [0.25, 0.3) is 6.08 Å². The fourth-order valence-corrected chi connectivity index (χ4v) is 7.12. The Labute approximate surface area is 290 Å². The lowest BCUT2D eigenvalue weighted by atomic mass is 10.0. The monoisotopic (exact) mass is 680 g/mol. The molecule has 8 nitrogen and oxygen atoms in total. The maximum Gasteiger partial charge on any atom is 0.270 e. The molecular formula is C37H52N4O4S2. The predicted octanol–water partition coefficient (Wildman–Crippen LogP) is 8.62. The summed E-state index contributed by atoms with van der Waals surface area (Å²) < 4.78 is 13.0. The molecule has 0 radical (unpaired) electrons. The molecule has 1 fully saturated rings. The molecule has 0 saturated carbocycles. The van der Waals surface area contributed by atoms with Crippen LogP contribution in [0.5, 0.6) is 11.5 Å². The first-order valence-corrected chi connectivity index (χ1v) is 18.4. The summed E-state index contributed by atoms with van der Waals surface area (Å²) in [5, 5.41) is 13.5. The van der Waals surface area contributed by atoms with Crippen molar-refractivity contribution < 1.29 is 14.3 Å². The number of benzene rings is 1. The molecule has 1 N–H and O–H groups in total. The first kappa shape index (κ1) is 38.2. The standard InChI is InChI=1S/C37H52N4O4S2/c1-6-8-10-11-12-13-14-15-16-17-23-41-36(43)33(47-37(41)46)25-29-27(3)30(26-38)35(42)40(22-9-7-2)34(29)39-21-20-28-18-19-31(44-4)32(24-28)45-5/h18-19,24-25,39H,6-17,20-23H2,1-5H3/b33-25+. The average molecular weight is 681 g/mol. The summed E-state index contributed by atoms with van der Waals surface area (Å²) >= 11 is 6.94. The second kappa shape index (κ2) is 20.2. The van der Waals surface area contributed by atoms with E-state index in [9.17, 15) is 14.9 Å². The van der Waals surface area contributed by atoms with Crippen LogP contribution in [0, 0.1) is 18.3 Å². The summed E-state index contributed by atoms with van der Waals surface area (Å²) in [5.74, 6) is 1.81. The van der Waals surface area contributed by atoms with Crippen molar-refractivity contribution in [3.63, 3.8) is 0 Å². The zero-order valence-electron chi connectivity index (χ0n) is 28.9. The van der Waals surface area contributed by atoms with Gasteiger partial charge in [0.15, 0.2) is 11.5 Å². The number of nitrogens with one attached hydrogen (secondary N) is 1. The second-order valence-corrected chi connectivity index (χ2v) is 13.7. The summed E-state index contributed by atoms with van der Waals surface area (Å²) in [7, 11) is 3.22. The highest BCUT2D eigenvalue weighted by atomic mass is 32.2. The number of hydrogen-bond donors (Lipinski definition) is 1. The van der Waals surface area contributed by atoms with E-state index >= 15 is 0 Å². The highest BCUT2D eigenvalue weighted by Gasteiger charge is 2.32. The van der Waals surface area contributed by atoms with Gasteiger partial charge in [0.25, 0.3) is 11.5 Å². The highest BCUT2D eigenvalue weighted by Crippen LogP contribution is 2.35. The molecule has 1 aromatic carbocycles. The number of anilines is 1. The number of nitriles is 1. The topological polar surface area (TPSA) is 96.6 Å². The molecule has 0 bridgehead atoms. The summed E-state index contributed by atoms with van der Waals surface area (Å²) in [6, 6.07) is 7.92. The molecule has 1 aliphatic heterocycles. The summed E-state index contributed by atoms with van der Waals surface area (Å²) in [6.45, 7) is 7.67. The Balaban J connectivity index is 1.79. The Kier molecular flexibility index (Phi) is 16.4. The Bertz CT molecular complexity index is 1490. The normalized spacial score (nSPS) is 13.8. The molecular weight excluding hydrogens is 629 g/mol. The maximum absolute atomic E-state index is 13.6. The lowest BCUT2D eigenvalue weighted by Crippen LogP contribution is -2.29. The summed E-state index contributed by atoms with van der Waals surface area (Å²) in [6.07, 6.45) is 16.4. The predicted molar refractivity (Wildman–Crippen MR) is 199 cm³/mol. The fraction of sp³-hybridized carbons (Fsp3) is 0.568. The molecule has 1 amide bonds. The van der Waals surface area contributed by atoms with E-state index in [2.05, 4.69) is 25.2 Å². The number of rotatable bonds is 21. The van der Waals surface area contributed by atoms with E-state index in [4.69, 9.17) is 21.7 Å². The van der Waals surface area contributed by atoms with Crippen LogP contribution in [-0.2, 0) is 17.8 Å². The molecule has 1 aromatic heterocycles. The largest absolute Gasteiger partial charge is 0.493 e. The maximum atomic E-state index is 13.6. The third kappa shape index (κ3) is 10.6. The van der Waals surface area contributed by atoms with Crippen LogP contribution in [-0.4, -0.2) is 47.0 Å². The van der Waals surface area contributed by atoms with Crippen molar-refractivity contribution in [3.8, 4) is 17.6 Å². The quantitative estimate of drug-likeness (QED) is 0.0796. The van der Waals surface area contributed by atoms with Crippen molar-refractivity contribution in [3.05, 3.63) is 55.7 Å². The molecule has 1 aliphatic rings. The number of thiocarbonyl (C=S) groups is 1. The molecule has 10 heteroatoms. The van der Waals surface area contributed by atoms with E-state index in [1.165, 1.54) is 63.1 Å². The van der Waals surface area contributed by atoms with E-state index in [0.29, 0.717) is 63.7 Å². The zero-order chi connectivity index (χ0) is 34.2. The molecule has 3 rings (SSSR count). The lowest BCUT2D eigenvalue weighted by Gasteiger charge is -2.20. The second-order valence-electron chi connectivity index (χ2n) is 12.1. The third-order valence-corrected chi connectivity index (χ3v) is 10.0. The molecule has 2 heterocycles. The molecule has 0 unspecified atom stereocenters. The first-order chi connectivity index (χ1) is 22.8. The number of pyridine rings is 1. The van der Waals surface area contributed by atoms with Gasteiger partial charge in [-0.1, -0.05) is 108 Å². The van der Waals surface area contributed by atoms with Crippen molar-refractivity contribution >= 4 is 46.1 Å². The van der Waals surface area contributed by atoms with E-state index in [1.54, 1.807) is 30.6 Å². The van der Waals surface area contributed by atoms with Gasteiger partial charge in [-0.2, -0.15) is 5.26 Å². The molecule has 256 valence electrons. The molecule has 0 aliphatic carbocycles. The average Bonchev–Trinajstić information content (AvgIpc) is 3.34. The molecule has 2 aromatic rings. The van der Waals surface area contributed by atoms with Crippen LogP contribution in [0.15, 0.2) is 27.9 Å². The number of unbranched alkanes of at least 4 members (excludes halogenated alkanes) is 10. The van der Waals surface area contributed by atoms with Crippen LogP contribution in [0.4, 0.5) is 5.82 Å². The third-order valence-electron chi connectivity index (χ3n) is 8.65. The van der Waals surface area contributed by atoms with Gasteiger partial charge in [-0.25, -0.2) is 0 Å². The van der Waals surface area contributed by atoms with Crippen LogP contribution in [0.2, 0.25) is 0 Å². The number of methoxy groups -OCH3 is 2. The van der Waals surface area contributed by atoms with Gasteiger partial charge >= 0.3 is 0 Å². The van der Waals surface area contributed by atoms with E-state index in [1.807, 2.05) is 24.3 Å². The number of amides is 1. The Morgan fingerprint density at radius 2 is 1.55 bits per heavy atom. The van der Waals surface area contributed by atoms with Crippen molar-refractivity contribution in [2.75, 3.05) is 32.6 Å². The van der Waals surface area contributed by atoms with E-state index in [-0.39, 0.29) is 17.0 Å². The van der Waals surface area contributed by atoms with Crippen molar-refractivity contribution in [2.24, 2.45) is 0 Å². The van der Waals surface area contributed by atoms with Crippen molar-refractivity contribution in [2.45, 2.75) is 111 Å². The van der Waals surface area contributed by atoms with Crippen molar-refractivity contribution in [1.29, 1.82) is 5.26 Å². The number of carbonyl (C=O) groups is 1. The number of ether oxygens (including phenoxy) is 2. The number of aromatic nitrogens is 1. The van der Waals surface area contributed by atoms with Gasteiger partial charge in [0.2, 0.25) is 0 Å². The minimum absolute atomic E-state index is 0.0960. The van der Waals surface area contributed by atoms with Gasteiger partial charge < -0.3 is 14.8 Å². The molecule has 47 heavy (non-hydrogen) atoms. The van der Waals surface area contributed by atoms with E-state index in [0.717, 1.165) is 31.2 Å². The van der Waals surface area contributed by atoms with Gasteiger partial charge in [0, 0.05) is 25.2 Å². The van der Waals surface area contributed by atoms with Crippen LogP contribution in [0.3, 0.4) is 0 Å². The number of carbonyl (C=O) groups excluding carboxylic acids is 1. The van der Waals surface area contributed by atoms with Gasteiger partial charge in [-0.3, -0.25) is 19.1 Å². The van der Waals surface area contributed by atoms with Gasteiger partial charge in [0.05, 0.1) is 19.1 Å². The summed E-state index contributed by atoms with van der Waals surface area (Å²) in [4.78, 5) is 29.3. The Morgan fingerprint density at radius 3 is 2.17 bits per heavy atom. The zero-order valence-corrected chi connectivity index (χ0v) is 30.5. The number of nitrogens with zero attached hydrogens (tertiary/aromatic N) is 3. The van der Waals surface area contributed by atoms with Gasteiger partial charge in [-0.15, -0.1) is 0 Å². The SMILES string of the molecule is CCCCCCCCCCCCN1C(=O)/C(=C\c2c(C)c(C#N)c(=O)n(CCCC)c2NCCc2ccc(OC)c(OC)c2)SC1=S. The van der Waals surface area contributed by atoms with E-state index < -0.39 is 0 Å². The van der Waals surface area contributed by atoms with Gasteiger partial charge in [-0.05, 0) is 55.5 Å². The van der Waals surface area contributed by atoms with Gasteiger partial charge in [0.1, 0.15) is 21.8 Å². The lowest BCUT2D eigenvalue weighted by molar-refractivity contribution is -0.122. The fourth-order valence-electron chi connectivity index (χ4n) is 5.83. The first-order valence-electron chi connectivity index (χ1n) is 17.2. The summed E-state index contributed by atoms with van der Waals surface area (Å²) in [5.41, 5.74) is 2.04. The smallest absolute Gasteiger partial charge is 0.270 e. The Morgan fingerprint density at radius 1 is 0.915 bits per heavy atom. The van der Waals surface area contributed by atoms with Crippen LogP contribution in [0.1, 0.15) is 113 Å². The van der Waals surface area contributed by atoms with Crippen LogP contribution < -0.4 is 20.3 Å². The van der Waals surface area contributed by atoms with Crippen LogP contribution >= 0.6 is 24.0 Å². The highest BCUT2D eigenvalue weighted by molar-refractivity contribution is 8.26.